The Balaban J connectivity index is 1.95. The lowest BCUT2D eigenvalue weighted by Gasteiger charge is -2.24. The molecule has 9 nitrogen and oxygen atoms in total. The highest BCUT2D eigenvalue weighted by Crippen LogP contribution is 2.42. The van der Waals surface area contributed by atoms with Crippen molar-refractivity contribution in [1.29, 1.82) is 0 Å². The second-order valence-corrected chi connectivity index (χ2v) is 6.68. The van der Waals surface area contributed by atoms with E-state index in [-0.39, 0.29) is 28.5 Å². The highest BCUT2D eigenvalue weighted by Gasteiger charge is 2.39. The van der Waals surface area contributed by atoms with Crippen molar-refractivity contribution in [3.63, 3.8) is 0 Å². The fourth-order valence-electron chi connectivity index (χ4n) is 3.27. The van der Waals surface area contributed by atoms with Crippen LogP contribution in [0.15, 0.2) is 42.5 Å². The van der Waals surface area contributed by atoms with Crippen molar-refractivity contribution in [1.82, 2.24) is 14.8 Å². The number of anilines is 1. The van der Waals surface area contributed by atoms with Gasteiger partial charge in [0.1, 0.15) is 11.9 Å². The molecule has 166 valence electrons. The first-order valence-electron chi connectivity index (χ1n) is 8.93. The molecule has 0 bridgehead atoms. The van der Waals surface area contributed by atoms with E-state index >= 15 is 0 Å². The summed E-state index contributed by atoms with van der Waals surface area (Å²) in [4.78, 5) is 14.0. The lowest BCUT2D eigenvalue weighted by atomic mass is 10.0. The molecule has 2 heterocycles. The van der Waals surface area contributed by atoms with Crippen LogP contribution < -0.4 is 10.1 Å². The van der Waals surface area contributed by atoms with Gasteiger partial charge in [-0.15, -0.1) is 5.10 Å². The molecule has 4 rings (SSSR count). The van der Waals surface area contributed by atoms with Gasteiger partial charge in [0.2, 0.25) is 11.7 Å². The Morgan fingerprint density at radius 1 is 1.28 bits per heavy atom. The molecule has 0 radical (unpaired) electrons. The summed E-state index contributed by atoms with van der Waals surface area (Å²) in [5.74, 6) is -3.47. The lowest BCUT2D eigenvalue weighted by molar-refractivity contribution is -0.386. The maximum absolute atomic E-state index is 14.4. The average molecular weight is 451 g/mol. The van der Waals surface area contributed by atoms with Crippen LogP contribution in [0.2, 0.25) is 0 Å². The van der Waals surface area contributed by atoms with Gasteiger partial charge in [-0.3, -0.25) is 10.1 Å². The van der Waals surface area contributed by atoms with Gasteiger partial charge in [-0.1, -0.05) is 12.1 Å². The number of alkyl halides is 3. The Hall–Kier alpha value is -4.16. The van der Waals surface area contributed by atoms with Crippen LogP contribution in [-0.2, 0) is 6.18 Å². The number of nitrogens with zero attached hydrogens (tertiary/aromatic N) is 4. The molecule has 0 saturated carbocycles. The van der Waals surface area contributed by atoms with Crippen LogP contribution in [-0.4, -0.2) is 31.9 Å². The molecule has 1 atom stereocenters. The van der Waals surface area contributed by atoms with Crippen molar-refractivity contribution in [2.24, 2.45) is 0 Å². The zero-order valence-electron chi connectivity index (χ0n) is 16.1. The van der Waals surface area contributed by atoms with Crippen LogP contribution in [0.5, 0.6) is 11.5 Å². The Morgan fingerprint density at radius 3 is 2.62 bits per heavy atom. The zero-order valence-corrected chi connectivity index (χ0v) is 16.1. The van der Waals surface area contributed by atoms with E-state index < -0.39 is 40.2 Å². The summed E-state index contributed by atoms with van der Waals surface area (Å²) >= 11 is 0. The van der Waals surface area contributed by atoms with Gasteiger partial charge in [0.05, 0.1) is 12.0 Å². The number of nitrogens with one attached hydrogen (secondary N) is 1. The number of aromatic nitrogens is 3. The smallest absolute Gasteiger partial charge is 0.453 e. The van der Waals surface area contributed by atoms with E-state index in [0.717, 1.165) is 17.9 Å². The van der Waals surface area contributed by atoms with E-state index in [4.69, 9.17) is 4.74 Å². The first-order valence-corrected chi connectivity index (χ1v) is 8.93. The largest absolute Gasteiger partial charge is 0.500 e. The number of hydrogen-bond acceptors (Lipinski definition) is 7. The standard InChI is InChI=1S/C19H13F4N5O4/c1-32-15-7-9(6-14(16(15)29)28(30)31)13-8-12(10-4-2-3-5-11(10)20)24-18-25-17(19(21,22)23)26-27(13)18/h2-8,13,29H,1H3,(H,24,25,26). The molecule has 13 heteroatoms. The number of allylic oxidation sites excluding steroid dienone is 1. The highest BCUT2D eigenvalue weighted by atomic mass is 19.4. The minimum atomic E-state index is -4.87. The van der Waals surface area contributed by atoms with E-state index in [1.165, 1.54) is 36.4 Å². The summed E-state index contributed by atoms with van der Waals surface area (Å²) < 4.78 is 59.9. The summed E-state index contributed by atoms with van der Waals surface area (Å²) in [5, 5.41) is 27.5. The van der Waals surface area contributed by atoms with Crippen LogP contribution in [0.25, 0.3) is 5.70 Å². The third-order valence-corrected chi connectivity index (χ3v) is 4.72. The van der Waals surface area contributed by atoms with Crippen LogP contribution in [0, 0.1) is 15.9 Å². The van der Waals surface area contributed by atoms with E-state index in [1.807, 2.05) is 0 Å². The fourth-order valence-corrected chi connectivity index (χ4v) is 3.27. The molecular weight excluding hydrogens is 438 g/mol. The number of aromatic hydroxyl groups is 1. The minimum Gasteiger partial charge on any atom is -0.500 e. The predicted molar refractivity (Wildman–Crippen MR) is 102 cm³/mol. The van der Waals surface area contributed by atoms with Gasteiger partial charge >= 0.3 is 11.9 Å². The number of rotatable bonds is 4. The van der Waals surface area contributed by atoms with Crippen molar-refractivity contribution in [3.05, 3.63) is 75.4 Å². The van der Waals surface area contributed by atoms with Crippen LogP contribution in [0.3, 0.4) is 0 Å². The van der Waals surface area contributed by atoms with Crippen molar-refractivity contribution in [2.75, 3.05) is 12.4 Å². The number of phenolic OH excluding ortho intramolecular Hbond substituents is 1. The lowest BCUT2D eigenvalue weighted by Crippen LogP contribution is -2.21. The molecule has 3 aromatic rings. The Kier molecular flexibility index (Phi) is 4.95. The number of fused-ring (bicyclic) bond motifs is 1. The van der Waals surface area contributed by atoms with Crippen LogP contribution in [0.4, 0.5) is 29.2 Å². The molecule has 2 N–H and O–H groups in total. The molecule has 32 heavy (non-hydrogen) atoms. The van der Waals surface area contributed by atoms with E-state index in [2.05, 4.69) is 15.4 Å². The van der Waals surface area contributed by atoms with Gasteiger partial charge in [-0.25, -0.2) is 9.07 Å². The average Bonchev–Trinajstić information content (AvgIpc) is 3.18. The molecule has 0 aliphatic carbocycles. The summed E-state index contributed by atoms with van der Waals surface area (Å²) in [6.45, 7) is 0. The fraction of sp³-hybridized carbons (Fsp3) is 0.158. The predicted octanol–water partition coefficient (Wildman–Crippen LogP) is 4.11. The maximum atomic E-state index is 14.4. The zero-order chi connectivity index (χ0) is 23.2. The second-order valence-electron chi connectivity index (χ2n) is 6.68. The molecule has 0 saturated heterocycles. The molecule has 0 fully saturated rings. The molecule has 0 amide bonds. The Morgan fingerprint density at radius 2 is 2.00 bits per heavy atom. The number of phenols is 1. The number of methoxy groups -OCH3 is 1. The van der Waals surface area contributed by atoms with Crippen molar-refractivity contribution < 1.29 is 32.3 Å². The van der Waals surface area contributed by atoms with Gasteiger partial charge in [0.25, 0.3) is 5.82 Å². The first kappa shape index (κ1) is 21.1. The summed E-state index contributed by atoms with van der Waals surface area (Å²) in [5.41, 5.74) is -0.546. The molecule has 1 aliphatic heterocycles. The molecular formula is C19H13F4N5O4. The summed E-state index contributed by atoms with van der Waals surface area (Å²) in [6.07, 6.45) is -3.52. The van der Waals surface area contributed by atoms with Gasteiger partial charge in [-0.05, 0) is 29.8 Å². The Bertz CT molecular complexity index is 1260. The number of halogens is 4. The van der Waals surface area contributed by atoms with Crippen LogP contribution >= 0.6 is 0 Å². The normalized spacial score (nSPS) is 15.5. The SMILES string of the molecule is COc1cc(C2C=C(c3ccccc3F)Nc3nc(C(F)(F)F)nn32)cc([N+](=O)[O-])c1O. The number of nitro groups is 1. The first-order chi connectivity index (χ1) is 15.1. The van der Waals surface area contributed by atoms with E-state index in [1.54, 1.807) is 0 Å². The van der Waals surface area contributed by atoms with Gasteiger partial charge in [0.15, 0.2) is 5.75 Å². The number of hydrogen-bond donors (Lipinski definition) is 2. The Labute approximate surface area is 176 Å². The monoisotopic (exact) mass is 451 g/mol. The molecule has 1 aromatic heterocycles. The molecule has 1 unspecified atom stereocenters. The third kappa shape index (κ3) is 3.57. The van der Waals surface area contributed by atoms with E-state index in [0.29, 0.717) is 0 Å². The van der Waals surface area contributed by atoms with Crippen molar-refractivity contribution >= 4 is 17.3 Å². The van der Waals surface area contributed by atoms with Gasteiger partial charge < -0.3 is 15.2 Å². The van der Waals surface area contributed by atoms with Crippen molar-refractivity contribution in [2.45, 2.75) is 12.2 Å². The van der Waals surface area contributed by atoms with E-state index in [9.17, 15) is 32.8 Å². The topological polar surface area (TPSA) is 115 Å². The molecule has 1 aliphatic rings. The molecule has 0 spiro atoms. The van der Waals surface area contributed by atoms with Crippen LogP contribution in [0.1, 0.15) is 23.0 Å². The van der Waals surface area contributed by atoms with Gasteiger partial charge in [-0.2, -0.15) is 18.2 Å². The van der Waals surface area contributed by atoms with Gasteiger partial charge in [0, 0.05) is 17.3 Å². The second kappa shape index (κ2) is 7.51. The maximum Gasteiger partial charge on any atom is 0.453 e. The van der Waals surface area contributed by atoms with Crippen molar-refractivity contribution in [3.8, 4) is 11.5 Å². The summed E-state index contributed by atoms with van der Waals surface area (Å²) in [6, 6.07) is 6.57. The molecule has 2 aromatic carbocycles. The summed E-state index contributed by atoms with van der Waals surface area (Å²) in [7, 11) is 1.16. The highest BCUT2D eigenvalue weighted by molar-refractivity contribution is 5.77. The quantitative estimate of drug-likeness (QED) is 0.348. The third-order valence-electron chi connectivity index (χ3n) is 4.72. The minimum absolute atomic E-state index is 0.0422. The number of nitro benzene ring substituents is 1. The number of ether oxygens (including phenoxy) is 1. The number of benzene rings is 2.